The Morgan fingerprint density at radius 1 is 1.26 bits per heavy atom. The average molecular weight is 319 g/mol. The molecule has 0 aromatic heterocycles. The maximum atomic E-state index is 12.3. The van der Waals surface area contributed by atoms with Crippen LogP contribution in [-0.2, 0) is 16.1 Å². The Hall–Kier alpha value is -1.85. The van der Waals surface area contributed by atoms with Crippen molar-refractivity contribution in [1.82, 2.24) is 4.90 Å². The van der Waals surface area contributed by atoms with Crippen molar-refractivity contribution >= 4 is 6.09 Å². The first-order valence-corrected chi connectivity index (χ1v) is 7.83. The van der Waals surface area contributed by atoms with Gasteiger partial charge in [0, 0.05) is 0 Å². The van der Waals surface area contributed by atoms with Crippen LogP contribution in [0.2, 0.25) is 0 Å². The Morgan fingerprint density at radius 2 is 1.96 bits per heavy atom. The Morgan fingerprint density at radius 3 is 2.61 bits per heavy atom. The smallest absolute Gasteiger partial charge is 0.410 e. The molecule has 2 rings (SSSR count). The molecule has 126 valence electrons. The Labute approximate surface area is 137 Å². The molecule has 5 heteroatoms. The molecule has 1 aromatic carbocycles. The molecule has 0 fully saturated rings. The summed E-state index contributed by atoms with van der Waals surface area (Å²) in [5.74, 6) is 0. The largest absolute Gasteiger partial charge is 0.444 e. The summed E-state index contributed by atoms with van der Waals surface area (Å²) in [6.45, 7) is 6.52. The second-order valence-corrected chi connectivity index (χ2v) is 6.65. The van der Waals surface area contributed by atoms with E-state index in [-0.39, 0.29) is 12.6 Å². The van der Waals surface area contributed by atoms with Crippen molar-refractivity contribution in [2.24, 2.45) is 0 Å². The standard InChI is InChI=1S/C18H25NO4/c1-18(2,3)23-17(21)19-11-16(20)10-9-15(19)13-22-12-14-7-5-4-6-8-14/h4-10,15-16,20H,11-13H2,1-3H3/t15-,16-/m1/s1. The highest BCUT2D eigenvalue weighted by Crippen LogP contribution is 2.17. The van der Waals surface area contributed by atoms with E-state index in [2.05, 4.69) is 0 Å². The monoisotopic (exact) mass is 319 g/mol. The number of carbonyl (C=O) groups excluding carboxylic acids is 1. The van der Waals surface area contributed by atoms with Crippen LogP contribution in [0.4, 0.5) is 4.79 Å². The van der Waals surface area contributed by atoms with Crippen LogP contribution in [-0.4, -0.2) is 47.0 Å². The third kappa shape index (κ3) is 5.69. The molecule has 1 aliphatic rings. The maximum absolute atomic E-state index is 12.3. The van der Waals surface area contributed by atoms with Crippen LogP contribution in [0.5, 0.6) is 0 Å². The molecule has 23 heavy (non-hydrogen) atoms. The van der Waals surface area contributed by atoms with Gasteiger partial charge in [-0.3, -0.25) is 4.90 Å². The number of ether oxygens (including phenoxy) is 2. The lowest BCUT2D eigenvalue weighted by Gasteiger charge is -2.35. The first-order chi connectivity index (χ1) is 10.8. The number of carbonyl (C=O) groups is 1. The van der Waals surface area contributed by atoms with E-state index in [1.54, 1.807) is 12.2 Å². The van der Waals surface area contributed by atoms with Crippen molar-refractivity contribution < 1.29 is 19.4 Å². The summed E-state index contributed by atoms with van der Waals surface area (Å²) in [5, 5.41) is 9.77. The predicted octanol–water partition coefficient (Wildman–Crippen LogP) is 2.74. The van der Waals surface area contributed by atoms with Crippen molar-refractivity contribution in [2.45, 2.75) is 45.1 Å². The van der Waals surface area contributed by atoms with Crippen LogP contribution in [0.3, 0.4) is 0 Å². The minimum absolute atomic E-state index is 0.213. The van der Waals surface area contributed by atoms with Gasteiger partial charge in [-0.25, -0.2) is 4.79 Å². The van der Waals surface area contributed by atoms with Crippen LogP contribution in [0.25, 0.3) is 0 Å². The van der Waals surface area contributed by atoms with Crippen molar-refractivity contribution in [3.63, 3.8) is 0 Å². The number of rotatable bonds is 4. The lowest BCUT2D eigenvalue weighted by Crippen LogP contribution is -2.49. The van der Waals surface area contributed by atoms with Crippen LogP contribution in [0.1, 0.15) is 26.3 Å². The van der Waals surface area contributed by atoms with Gasteiger partial charge in [-0.1, -0.05) is 42.5 Å². The average Bonchev–Trinajstić information content (AvgIpc) is 2.48. The summed E-state index contributed by atoms with van der Waals surface area (Å²) in [6, 6.07) is 9.62. The van der Waals surface area contributed by atoms with E-state index in [0.717, 1.165) is 5.56 Å². The second kappa shape index (κ2) is 7.62. The van der Waals surface area contributed by atoms with Crippen molar-refractivity contribution in [3.05, 3.63) is 48.0 Å². The molecule has 0 radical (unpaired) electrons. The van der Waals surface area contributed by atoms with Gasteiger partial charge in [0.1, 0.15) is 5.60 Å². The molecule has 1 N–H and O–H groups in total. The van der Waals surface area contributed by atoms with Gasteiger partial charge >= 0.3 is 6.09 Å². The van der Waals surface area contributed by atoms with Gasteiger partial charge in [0.05, 0.1) is 31.9 Å². The Bertz CT molecular complexity index is 536. The normalized spacial score (nSPS) is 21.3. The highest BCUT2D eigenvalue weighted by Gasteiger charge is 2.31. The zero-order chi connectivity index (χ0) is 16.9. The molecule has 0 saturated heterocycles. The first-order valence-electron chi connectivity index (χ1n) is 7.83. The van der Waals surface area contributed by atoms with Crippen molar-refractivity contribution in [2.75, 3.05) is 13.2 Å². The molecular formula is C18H25NO4. The van der Waals surface area contributed by atoms with Crippen LogP contribution < -0.4 is 0 Å². The molecular weight excluding hydrogens is 294 g/mol. The third-order valence-corrected chi connectivity index (χ3v) is 3.37. The lowest BCUT2D eigenvalue weighted by atomic mass is 10.1. The fraction of sp³-hybridized carbons (Fsp3) is 0.500. The minimum atomic E-state index is -0.673. The van der Waals surface area contributed by atoms with E-state index in [9.17, 15) is 9.90 Å². The van der Waals surface area contributed by atoms with Crippen molar-refractivity contribution in [1.29, 1.82) is 0 Å². The van der Waals surface area contributed by atoms with E-state index in [1.807, 2.05) is 51.1 Å². The Balaban J connectivity index is 1.94. The van der Waals surface area contributed by atoms with Gasteiger partial charge in [-0.15, -0.1) is 0 Å². The number of aliphatic hydroxyl groups excluding tert-OH is 1. The molecule has 0 saturated carbocycles. The summed E-state index contributed by atoms with van der Waals surface area (Å²) >= 11 is 0. The summed E-state index contributed by atoms with van der Waals surface area (Å²) < 4.78 is 11.1. The van der Waals surface area contributed by atoms with E-state index >= 15 is 0 Å². The van der Waals surface area contributed by atoms with E-state index < -0.39 is 17.8 Å². The van der Waals surface area contributed by atoms with Crippen LogP contribution in [0.15, 0.2) is 42.5 Å². The summed E-state index contributed by atoms with van der Waals surface area (Å²) in [7, 11) is 0. The first kappa shape index (κ1) is 17.5. The molecule has 5 nitrogen and oxygen atoms in total. The van der Waals surface area contributed by atoms with Crippen LogP contribution >= 0.6 is 0 Å². The molecule has 1 aromatic rings. The fourth-order valence-corrected chi connectivity index (χ4v) is 2.31. The molecule has 1 heterocycles. The number of hydrogen-bond acceptors (Lipinski definition) is 4. The van der Waals surface area contributed by atoms with Gasteiger partial charge in [-0.05, 0) is 26.3 Å². The topological polar surface area (TPSA) is 59.0 Å². The number of aliphatic hydroxyl groups is 1. The zero-order valence-corrected chi connectivity index (χ0v) is 13.9. The highest BCUT2D eigenvalue weighted by molar-refractivity contribution is 5.69. The SMILES string of the molecule is CC(C)(C)OC(=O)N1C[C@H](O)C=C[C@@H]1COCc1ccccc1. The highest BCUT2D eigenvalue weighted by atomic mass is 16.6. The summed E-state index contributed by atoms with van der Waals surface area (Å²) in [5.41, 5.74) is 0.509. The summed E-state index contributed by atoms with van der Waals surface area (Å²) in [4.78, 5) is 13.8. The van der Waals surface area contributed by atoms with Gasteiger partial charge in [0.2, 0.25) is 0 Å². The Kier molecular flexibility index (Phi) is 5.80. The van der Waals surface area contributed by atoms with Gasteiger partial charge in [0.15, 0.2) is 0 Å². The number of hydrogen-bond donors (Lipinski definition) is 1. The third-order valence-electron chi connectivity index (χ3n) is 3.37. The maximum Gasteiger partial charge on any atom is 0.410 e. The van der Waals surface area contributed by atoms with Gasteiger partial charge in [-0.2, -0.15) is 0 Å². The quantitative estimate of drug-likeness (QED) is 0.867. The van der Waals surface area contributed by atoms with E-state index in [0.29, 0.717) is 13.2 Å². The molecule has 1 aliphatic heterocycles. The molecule has 0 bridgehead atoms. The second-order valence-electron chi connectivity index (χ2n) is 6.65. The van der Waals surface area contributed by atoms with Gasteiger partial charge in [0.25, 0.3) is 0 Å². The molecule has 0 unspecified atom stereocenters. The molecule has 0 spiro atoms. The van der Waals surface area contributed by atoms with E-state index in [1.165, 1.54) is 4.90 Å². The fourth-order valence-electron chi connectivity index (χ4n) is 2.31. The minimum Gasteiger partial charge on any atom is -0.444 e. The number of benzene rings is 1. The van der Waals surface area contributed by atoms with Gasteiger partial charge < -0.3 is 14.6 Å². The zero-order valence-electron chi connectivity index (χ0n) is 13.9. The number of β-amino-alcohol motifs (C(OH)–C–C–N with tert-alkyl or cyclic N) is 1. The molecule has 1 amide bonds. The van der Waals surface area contributed by atoms with Crippen LogP contribution in [0, 0.1) is 0 Å². The molecule has 2 atom stereocenters. The number of nitrogens with zero attached hydrogens (tertiary/aromatic N) is 1. The number of amides is 1. The van der Waals surface area contributed by atoms with Crippen molar-refractivity contribution in [3.8, 4) is 0 Å². The van der Waals surface area contributed by atoms with E-state index in [4.69, 9.17) is 9.47 Å². The summed E-state index contributed by atoms with van der Waals surface area (Å²) in [6.07, 6.45) is 2.38. The lowest BCUT2D eigenvalue weighted by molar-refractivity contribution is -0.00517. The predicted molar refractivity (Wildman–Crippen MR) is 88.0 cm³/mol. The molecule has 0 aliphatic carbocycles.